The molecule has 1 N–H and O–H groups in total. The highest BCUT2D eigenvalue weighted by molar-refractivity contribution is 4.80. The molecule has 2 unspecified atom stereocenters. The minimum atomic E-state index is 0.470. The van der Waals surface area contributed by atoms with Gasteiger partial charge in [-0.05, 0) is 19.3 Å². The van der Waals surface area contributed by atoms with Crippen LogP contribution < -0.4 is 5.32 Å². The largest absolute Gasteiger partial charge is 0.377 e. The van der Waals surface area contributed by atoms with Gasteiger partial charge in [-0.15, -0.1) is 0 Å². The summed E-state index contributed by atoms with van der Waals surface area (Å²) in [5.41, 5.74) is 0. The lowest BCUT2D eigenvalue weighted by Crippen LogP contribution is -2.42. The van der Waals surface area contributed by atoms with Crippen molar-refractivity contribution in [2.75, 3.05) is 6.61 Å². The van der Waals surface area contributed by atoms with Crippen LogP contribution >= 0.6 is 0 Å². The second kappa shape index (κ2) is 4.83. The smallest absolute Gasteiger partial charge is 0.0728 e. The van der Waals surface area contributed by atoms with Crippen molar-refractivity contribution in [3.05, 3.63) is 0 Å². The lowest BCUT2D eigenvalue weighted by atomic mass is 10.0. The monoisotopic (exact) mass is 171 g/mol. The van der Waals surface area contributed by atoms with Gasteiger partial charge in [0.15, 0.2) is 0 Å². The molecule has 0 aromatic rings. The fourth-order valence-corrected chi connectivity index (χ4v) is 1.84. The number of hydrogen-bond donors (Lipinski definition) is 1. The molecule has 1 aliphatic rings. The van der Waals surface area contributed by atoms with E-state index >= 15 is 0 Å². The molecule has 0 aromatic carbocycles. The SMILES string of the molecule is CCC(NC(C)C)C1CCCO1. The highest BCUT2D eigenvalue weighted by Crippen LogP contribution is 2.17. The molecule has 1 aliphatic heterocycles. The van der Waals surface area contributed by atoms with Crippen LogP contribution in [-0.4, -0.2) is 24.8 Å². The fourth-order valence-electron chi connectivity index (χ4n) is 1.84. The summed E-state index contributed by atoms with van der Waals surface area (Å²) in [5.74, 6) is 0. The Morgan fingerprint density at radius 3 is 2.67 bits per heavy atom. The van der Waals surface area contributed by atoms with Crippen molar-refractivity contribution in [2.45, 2.75) is 58.2 Å². The Kier molecular flexibility index (Phi) is 4.02. The number of ether oxygens (including phenoxy) is 1. The molecule has 1 saturated heterocycles. The van der Waals surface area contributed by atoms with Gasteiger partial charge in [0.1, 0.15) is 0 Å². The fraction of sp³-hybridized carbons (Fsp3) is 1.00. The van der Waals surface area contributed by atoms with Crippen LogP contribution in [-0.2, 0) is 4.74 Å². The summed E-state index contributed by atoms with van der Waals surface area (Å²) in [5, 5.41) is 3.55. The number of rotatable bonds is 4. The number of nitrogens with one attached hydrogen (secondary N) is 1. The van der Waals surface area contributed by atoms with E-state index in [1.54, 1.807) is 0 Å². The van der Waals surface area contributed by atoms with Crippen LogP contribution in [0.5, 0.6) is 0 Å². The molecule has 0 saturated carbocycles. The Morgan fingerprint density at radius 1 is 1.50 bits per heavy atom. The van der Waals surface area contributed by atoms with E-state index in [0.29, 0.717) is 18.2 Å². The van der Waals surface area contributed by atoms with Gasteiger partial charge < -0.3 is 10.1 Å². The molecule has 0 bridgehead atoms. The molecule has 12 heavy (non-hydrogen) atoms. The first-order valence-electron chi connectivity index (χ1n) is 5.11. The van der Waals surface area contributed by atoms with Crippen molar-refractivity contribution < 1.29 is 4.74 Å². The van der Waals surface area contributed by atoms with Crippen molar-refractivity contribution in [1.82, 2.24) is 5.32 Å². The summed E-state index contributed by atoms with van der Waals surface area (Å²) in [4.78, 5) is 0. The van der Waals surface area contributed by atoms with Gasteiger partial charge >= 0.3 is 0 Å². The summed E-state index contributed by atoms with van der Waals surface area (Å²) in [6, 6.07) is 1.13. The zero-order valence-corrected chi connectivity index (χ0v) is 8.47. The molecule has 1 rings (SSSR count). The average molecular weight is 171 g/mol. The van der Waals surface area contributed by atoms with E-state index in [1.807, 2.05) is 0 Å². The third-order valence-electron chi connectivity index (χ3n) is 2.40. The Labute approximate surface area is 75.7 Å². The molecule has 72 valence electrons. The van der Waals surface area contributed by atoms with Crippen LogP contribution in [0.2, 0.25) is 0 Å². The van der Waals surface area contributed by atoms with E-state index in [2.05, 4.69) is 26.1 Å². The van der Waals surface area contributed by atoms with Gasteiger partial charge in [-0.2, -0.15) is 0 Å². The standard InChI is InChI=1S/C10H21NO/c1-4-9(11-8(2)3)10-6-5-7-12-10/h8-11H,4-7H2,1-3H3. The molecule has 2 nitrogen and oxygen atoms in total. The molecular weight excluding hydrogens is 150 g/mol. The van der Waals surface area contributed by atoms with Crippen molar-refractivity contribution in [1.29, 1.82) is 0 Å². The topological polar surface area (TPSA) is 21.3 Å². The summed E-state index contributed by atoms with van der Waals surface area (Å²) >= 11 is 0. The third kappa shape index (κ3) is 2.76. The number of hydrogen-bond acceptors (Lipinski definition) is 2. The molecule has 1 heterocycles. The van der Waals surface area contributed by atoms with Crippen LogP contribution in [0.15, 0.2) is 0 Å². The zero-order valence-electron chi connectivity index (χ0n) is 8.47. The molecule has 2 atom stereocenters. The van der Waals surface area contributed by atoms with Crippen molar-refractivity contribution in [3.63, 3.8) is 0 Å². The van der Waals surface area contributed by atoms with Crippen LogP contribution in [0.3, 0.4) is 0 Å². The highest BCUT2D eigenvalue weighted by Gasteiger charge is 2.24. The molecule has 0 spiro atoms. The molecule has 0 aliphatic carbocycles. The van der Waals surface area contributed by atoms with Crippen LogP contribution in [0.4, 0.5) is 0 Å². The first-order chi connectivity index (χ1) is 5.74. The first-order valence-corrected chi connectivity index (χ1v) is 5.11. The van der Waals surface area contributed by atoms with Gasteiger partial charge in [0.25, 0.3) is 0 Å². The predicted molar refractivity (Wildman–Crippen MR) is 51.3 cm³/mol. The van der Waals surface area contributed by atoms with Gasteiger partial charge in [0.05, 0.1) is 6.10 Å². The second-order valence-corrected chi connectivity index (χ2v) is 3.89. The molecule has 2 heteroatoms. The van der Waals surface area contributed by atoms with Gasteiger partial charge in [0.2, 0.25) is 0 Å². The molecule has 1 fully saturated rings. The maximum atomic E-state index is 5.64. The summed E-state index contributed by atoms with van der Waals surface area (Å²) < 4.78 is 5.64. The maximum Gasteiger partial charge on any atom is 0.0728 e. The summed E-state index contributed by atoms with van der Waals surface area (Å²) in [6.07, 6.45) is 4.11. The van der Waals surface area contributed by atoms with Crippen molar-refractivity contribution in [3.8, 4) is 0 Å². The molecule has 0 radical (unpaired) electrons. The Bertz CT molecular complexity index is 119. The van der Waals surface area contributed by atoms with E-state index in [1.165, 1.54) is 19.3 Å². The summed E-state index contributed by atoms with van der Waals surface area (Å²) in [7, 11) is 0. The highest BCUT2D eigenvalue weighted by atomic mass is 16.5. The van der Waals surface area contributed by atoms with Crippen LogP contribution in [0.1, 0.15) is 40.0 Å². The molecule has 0 amide bonds. The van der Waals surface area contributed by atoms with Crippen molar-refractivity contribution in [2.24, 2.45) is 0 Å². The van der Waals surface area contributed by atoms with E-state index < -0.39 is 0 Å². The zero-order chi connectivity index (χ0) is 8.97. The van der Waals surface area contributed by atoms with E-state index in [9.17, 15) is 0 Å². The maximum absolute atomic E-state index is 5.64. The van der Waals surface area contributed by atoms with Crippen LogP contribution in [0.25, 0.3) is 0 Å². The minimum absolute atomic E-state index is 0.470. The molecule has 0 aromatic heterocycles. The average Bonchev–Trinajstić information content (AvgIpc) is 2.51. The lowest BCUT2D eigenvalue weighted by molar-refractivity contribution is 0.0743. The van der Waals surface area contributed by atoms with Gasteiger partial charge in [-0.3, -0.25) is 0 Å². The van der Waals surface area contributed by atoms with Gasteiger partial charge in [-0.25, -0.2) is 0 Å². The van der Waals surface area contributed by atoms with E-state index in [0.717, 1.165) is 6.61 Å². The van der Waals surface area contributed by atoms with Gasteiger partial charge in [-0.1, -0.05) is 20.8 Å². The third-order valence-corrected chi connectivity index (χ3v) is 2.40. The lowest BCUT2D eigenvalue weighted by Gasteiger charge is -2.24. The van der Waals surface area contributed by atoms with Crippen LogP contribution in [0, 0.1) is 0 Å². The Morgan fingerprint density at radius 2 is 2.25 bits per heavy atom. The summed E-state index contributed by atoms with van der Waals surface area (Å²) in [6.45, 7) is 7.57. The van der Waals surface area contributed by atoms with E-state index in [4.69, 9.17) is 4.74 Å². The second-order valence-electron chi connectivity index (χ2n) is 3.89. The predicted octanol–water partition coefficient (Wildman–Crippen LogP) is 1.94. The molecular formula is C10H21NO. The Hall–Kier alpha value is -0.0800. The normalized spacial score (nSPS) is 26.5. The minimum Gasteiger partial charge on any atom is -0.377 e. The van der Waals surface area contributed by atoms with Crippen molar-refractivity contribution >= 4 is 0 Å². The quantitative estimate of drug-likeness (QED) is 0.698. The van der Waals surface area contributed by atoms with E-state index in [-0.39, 0.29) is 0 Å². The Balaban J connectivity index is 2.32. The van der Waals surface area contributed by atoms with Gasteiger partial charge in [0, 0.05) is 18.7 Å². The first kappa shape index (κ1) is 10.0.